The molecule has 2 amide bonds. The molecule has 0 spiro atoms. The zero-order chi connectivity index (χ0) is 23.4. The third-order valence-electron chi connectivity index (χ3n) is 6.05. The van der Waals surface area contributed by atoms with Gasteiger partial charge >= 0.3 is 0 Å². The average molecular weight is 451 g/mol. The van der Waals surface area contributed by atoms with E-state index in [9.17, 15) is 14.0 Å². The Hall–Kier alpha value is -3.68. The highest BCUT2D eigenvalue weighted by Gasteiger charge is 2.37. The van der Waals surface area contributed by atoms with E-state index in [4.69, 9.17) is 10.5 Å². The number of methoxy groups -OCH3 is 1. The number of aromatic nitrogens is 2. The second-order valence-corrected chi connectivity index (χ2v) is 8.31. The van der Waals surface area contributed by atoms with Crippen molar-refractivity contribution < 1.29 is 18.7 Å². The lowest BCUT2D eigenvalue weighted by Gasteiger charge is -2.41. The lowest BCUT2D eigenvalue weighted by molar-refractivity contribution is -0.139. The molecule has 2 heterocycles. The van der Waals surface area contributed by atoms with Crippen molar-refractivity contribution in [3.05, 3.63) is 83.7 Å². The molecule has 1 saturated heterocycles. The Morgan fingerprint density at radius 3 is 2.58 bits per heavy atom. The van der Waals surface area contributed by atoms with Crippen LogP contribution in [0.4, 0.5) is 4.39 Å². The molecule has 1 aromatic heterocycles. The molecular weight excluding hydrogens is 423 g/mol. The topological polar surface area (TPSA) is 90.4 Å². The minimum absolute atomic E-state index is 0.00861. The van der Waals surface area contributed by atoms with Crippen LogP contribution in [0.2, 0.25) is 0 Å². The van der Waals surface area contributed by atoms with Crippen LogP contribution in [0.5, 0.6) is 5.75 Å². The predicted molar refractivity (Wildman–Crippen MR) is 121 cm³/mol. The molecule has 0 saturated carbocycles. The number of carbonyl (C=O) groups is 2. The highest BCUT2D eigenvalue weighted by molar-refractivity contribution is 5.82. The molecule has 0 bridgehead atoms. The highest BCUT2D eigenvalue weighted by Crippen LogP contribution is 2.31. The van der Waals surface area contributed by atoms with Crippen LogP contribution in [0.3, 0.4) is 0 Å². The highest BCUT2D eigenvalue weighted by atomic mass is 19.1. The van der Waals surface area contributed by atoms with E-state index in [-0.39, 0.29) is 24.1 Å². The van der Waals surface area contributed by atoms with Gasteiger partial charge in [0.25, 0.3) is 0 Å². The average Bonchev–Trinajstić information content (AvgIpc) is 3.25. The quantitative estimate of drug-likeness (QED) is 0.543. The van der Waals surface area contributed by atoms with Gasteiger partial charge in [-0.15, -0.1) is 0 Å². The zero-order valence-corrected chi connectivity index (χ0v) is 18.5. The number of likely N-dealkylation sites (tertiary alicyclic amines) is 1. The molecule has 1 atom stereocenters. The fourth-order valence-corrected chi connectivity index (χ4v) is 4.11. The Bertz CT molecular complexity index is 1120. The number of benzene rings is 2. The van der Waals surface area contributed by atoms with Gasteiger partial charge in [0.1, 0.15) is 17.6 Å². The van der Waals surface area contributed by atoms with Crippen LogP contribution >= 0.6 is 0 Å². The van der Waals surface area contributed by atoms with Crippen molar-refractivity contribution in [1.82, 2.24) is 14.5 Å². The Morgan fingerprint density at radius 2 is 1.91 bits per heavy atom. The van der Waals surface area contributed by atoms with Gasteiger partial charge < -0.3 is 19.9 Å². The molecule has 1 fully saturated rings. The Kier molecular flexibility index (Phi) is 6.72. The van der Waals surface area contributed by atoms with E-state index >= 15 is 0 Å². The summed E-state index contributed by atoms with van der Waals surface area (Å²) in [5.41, 5.74) is 7.57. The number of primary amides is 1. The van der Waals surface area contributed by atoms with Gasteiger partial charge in [0, 0.05) is 38.0 Å². The molecule has 3 aromatic rings. The number of nitrogens with two attached hydrogens (primary N) is 1. The number of imidazole rings is 1. The van der Waals surface area contributed by atoms with E-state index in [1.807, 2.05) is 30.3 Å². The summed E-state index contributed by atoms with van der Waals surface area (Å²) in [6.45, 7) is 0.949. The number of hydrogen-bond acceptors (Lipinski definition) is 4. The third-order valence-corrected chi connectivity index (χ3v) is 6.05. The summed E-state index contributed by atoms with van der Waals surface area (Å²) < 4.78 is 21.2. The van der Waals surface area contributed by atoms with E-state index in [0.717, 1.165) is 11.3 Å². The van der Waals surface area contributed by atoms with Gasteiger partial charge in [0.05, 0.1) is 19.1 Å². The van der Waals surface area contributed by atoms with Crippen molar-refractivity contribution in [2.24, 2.45) is 5.73 Å². The van der Waals surface area contributed by atoms with Crippen molar-refractivity contribution >= 4 is 11.8 Å². The van der Waals surface area contributed by atoms with E-state index < -0.39 is 11.9 Å². The maximum absolute atomic E-state index is 14.1. The number of nitrogens with zero attached hydrogens (tertiary/aromatic N) is 3. The molecule has 0 radical (unpaired) electrons. The van der Waals surface area contributed by atoms with Gasteiger partial charge in [-0.25, -0.2) is 9.37 Å². The summed E-state index contributed by atoms with van der Waals surface area (Å²) >= 11 is 0. The van der Waals surface area contributed by atoms with E-state index in [1.54, 1.807) is 41.2 Å². The fraction of sp³-hybridized carbons (Fsp3) is 0.320. The summed E-state index contributed by atoms with van der Waals surface area (Å²) in [6.07, 6.45) is 4.50. The molecule has 1 aliphatic rings. The lowest BCUT2D eigenvalue weighted by Crippen LogP contribution is -2.51. The second kappa shape index (κ2) is 9.85. The number of amides is 2. The zero-order valence-electron chi connectivity index (χ0n) is 18.5. The monoisotopic (exact) mass is 450 g/mol. The van der Waals surface area contributed by atoms with Crippen molar-refractivity contribution in [1.29, 1.82) is 0 Å². The van der Waals surface area contributed by atoms with Crippen LogP contribution in [0.1, 0.15) is 35.2 Å². The number of rotatable bonds is 9. The van der Waals surface area contributed by atoms with Crippen molar-refractivity contribution in [2.45, 2.75) is 31.2 Å². The maximum Gasteiger partial charge on any atom is 0.246 e. The molecule has 8 heteroatoms. The smallest absolute Gasteiger partial charge is 0.246 e. The van der Waals surface area contributed by atoms with Crippen molar-refractivity contribution in [2.75, 3.05) is 20.2 Å². The number of ether oxygens (including phenoxy) is 1. The van der Waals surface area contributed by atoms with E-state index in [1.165, 1.54) is 6.07 Å². The Morgan fingerprint density at radius 1 is 1.18 bits per heavy atom. The Balaban J connectivity index is 1.51. The molecule has 4 rings (SSSR count). The summed E-state index contributed by atoms with van der Waals surface area (Å²) in [7, 11) is 1.61. The standard InChI is InChI=1S/C25H27FN4O3/c1-33-20-9-6-17(7-10-20)12-23(30-15-19(28-16-30)8-11-24(27)31)25(32)29-13-18(14-29)21-4-2-3-5-22(21)26/h2-7,9-10,15-16,18,23H,8,11-14H2,1H3,(H2,27,31)/t23-/m1/s1. The molecule has 7 nitrogen and oxygen atoms in total. The first-order chi connectivity index (χ1) is 15.9. The molecule has 2 aromatic carbocycles. The minimum atomic E-state index is -0.505. The number of hydrogen-bond donors (Lipinski definition) is 1. The molecule has 0 aliphatic carbocycles. The van der Waals surface area contributed by atoms with Gasteiger partial charge in [-0.2, -0.15) is 0 Å². The van der Waals surface area contributed by atoms with Gasteiger partial charge in [0.2, 0.25) is 11.8 Å². The van der Waals surface area contributed by atoms with Crippen LogP contribution in [0.15, 0.2) is 61.1 Å². The summed E-state index contributed by atoms with van der Waals surface area (Å²) in [4.78, 5) is 30.7. The molecular formula is C25H27FN4O3. The predicted octanol–water partition coefficient (Wildman–Crippen LogP) is 2.86. The van der Waals surface area contributed by atoms with Gasteiger partial charge in [-0.3, -0.25) is 9.59 Å². The van der Waals surface area contributed by atoms with Crippen LogP contribution in [-0.4, -0.2) is 46.5 Å². The van der Waals surface area contributed by atoms with Crippen LogP contribution < -0.4 is 10.5 Å². The SMILES string of the molecule is COc1ccc(C[C@H](C(=O)N2CC(c3ccccc3F)C2)n2cnc(CCC(N)=O)c2)cc1. The van der Waals surface area contributed by atoms with Crippen molar-refractivity contribution in [3.63, 3.8) is 0 Å². The Labute approximate surface area is 192 Å². The van der Waals surface area contributed by atoms with E-state index in [2.05, 4.69) is 4.98 Å². The first-order valence-corrected chi connectivity index (χ1v) is 10.9. The number of carbonyl (C=O) groups excluding carboxylic acids is 2. The molecule has 2 N–H and O–H groups in total. The van der Waals surface area contributed by atoms with Crippen LogP contribution in [-0.2, 0) is 22.4 Å². The summed E-state index contributed by atoms with van der Waals surface area (Å²) in [5.74, 6) is 0.0599. The third kappa shape index (κ3) is 5.22. The van der Waals surface area contributed by atoms with Crippen molar-refractivity contribution in [3.8, 4) is 5.75 Å². The first kappa shape index (κ1) is 22.5. The number of halogens is 1. The first-order valence-electron chi connectivity index (χ1n) is 10.9. The van der Waals surface area contributed by atoms with Crippen LogP contribution in [0, 0.1) is 5.82 Å². The van der Waals surface area contributed by atoms with Gasteiger partial charge in [-0.05, 0) is 35.7 Å². The normalized spacial score (nSPS) is 14.5. The second-order valence-electron chi connectivity index (χ2n) is 8.31. The van der Waals surface area contributed by atoms with Crippen LogP contribution in [0.25, 0.3) is 0 Å². The summed E-state index contributed by atoms with van der Waals surface area (Å²) in [5, 5.41) is 0. The molecule has 33 heavy (non-hydrogen) atoms. The number of aryl methyl sites for hydroxylation is 1. The van der Waals surface area contributed by atoms with E-state index in [0.29, 0.717) is 37.2 Å². The fourth-order valence-electron chi connectivity index (χ4n) is 4.11. The largest absolute Gasteiger partial charge is 0.497 e. The molecule has 0 unspecified atom stereocenters. The lowest BCUT2D eigenvalue weighted by atomic mass is 9.90. The van der Waals surface area contributed by atoms with Gasteiger partial charge in [0.15, 0.2) is 0 Å². The molecule has 1 aliphatic heterocycles. The maximum atomic E-state index is 14.1. The summed E-state index contributed by atoms with van der Waals surface area (Å²) in [6, 6.07) is 13.8. The molecule has 172 valence electrons. The van der Waals surface area contributed by atoms with Gasteiger partial charge in [-0.1, -0.05) is 30.3 Å². The minimum Gasteiger partial charge on any atom is -0.497 e.